The summed E-state index contributed by atoms with van der Waals surface area (Å²) in [5.74, 6) is 0.371. The van der Waals surface area contributed by atoms with Crippen molar-refractivity contribution in [1.29, 1.82) is 0 Å². The van der Waals surface area contributed by atoms with Crippen LogP contribution in [0.1, 0.15) is 39.4 Å². The van der Waals surface area contributed by atoms with Crippen LogP contribution < -0.4 is 10.5 Å². The van der Waals surface area contributed by atoms with Crippen molar-refractivity contribution in [3.8, 4) is 5.75 Å². The summed E-state index contributed by atoms with van der Waals surface area (Å²) in [5, 5.41) is 0. The molecule has 3 aromatic carbocycles. The highest BCUT2D eigenvalue weighted by molar-refractivity contribution is 5.92. The van der Waals surface area contributed by atoms with E-state index < -0.39 is 5.91 Å². The molecule has 30 heavy (non-hydrogen) atoms. The highest BCUT2D eigenvalue weighted by Crippen LogP contribution is 2.33. The molecule has 1 atom stereocenters. The molecule has 152 valence electrons. The van der Waals surface area contributed by atoms with Gasteiger partial charge in [0.05, 0.1) is 13.0 Å². The van der Waals surface area contributed by atoms with E-state index in [4.69, 9.17) is 10.5 Å². The van der Waals surface area contributed by atoms with E-state index in [2.05, 4.69) is 30.3 Å². The minimum Gasteiger partial charge on any atom is -0.493 e. The molecule has 3 aromatic rings. The topological polar surface area (TPSA) is 72.6 Å². The zero-order valence-corrected chi connectivity index (χ0v) is 16.7. The molecule has 1 aliphatic heterocycles. The lowest BCUT2D eigenvalue weighted by Gasteiger charge is -2.35. The maximum absolute atomic E-state index is 12.9. The Morgan fingerprint density at radius 1 is 0.933 bits per heavy atom. The molecule has 5 heteroatoms. The molecule has 0 radical (unpaired) electrons. The van der Waals surface area contributed by atoms with Gasteiger partial charge in [-0.1, -0.05) is 54.6 Å². The van der Waals surface area contributed by atoms with Gasteiger partial charge < -0.3 is 15.4 Å². The Labute approximate surface area is 176 Å². The zero-order chi connectivity index (χ0) is 20.9. The van der Waals surface area contributed by atoms with Gasteiger partial charge in [0.25, 0.3) is 0 Å². The molecule has 4 rings (SSSR count). The van der Waals surface area contributed by atoms with E-state index in [1.807, 2.05) is 29.2 Å². The second kappa shape index (κ2) is 8.82. The quantitative estimate of drug-likeness (QED) is 0.685. The second-order valence-corrected chi connectivity index (χ2v) is 7.42. The van der Waals surface area contributed by atoms with E-state index in [0.29, 0.717) is 30.8 Å². The van der Waals surface area contributed by atoms with Crippen molar-refractivity contribution in [1.82, 2.24) is 4.90 Å². The number of primary amides is 1. The number of benzene rings is 3. The summed E-state index contributed by atoms with van der Waals surface area (Å²) in [4.78, 5) is 26.0. The highest BCUT2D eigenvalue weighted by atomic mass is 16.5. The van der Waals surface area contributed by atoms with E-state index >= 15 is 0 Å². The zero-order valence-electron chi connectivity index (χ0n) is 16.7. The normalized spacial score (nSPS) is 15.3. The maximum atomic E-state index is 12.9. The lowest BCUT2D eigenvalue weighted by Crippen LogP contribution is -2.39. The first-order chi connectivity index (χ1) is 14.6. The van der Waals surface area contributed by atoms with Crippen molar-refractivity contribution in [2.45, 2.75) is 18.9 Å². The molecule has 1 aliphatic rings. The first-order valence-electron chi connectivity index (χ1n) is 10.0. The van der Waals surface area contributed by atoms with Crippen molar-refractivity contribution in [2.75, 3.05) is 13.2 Å². The number of hydrogen-bond donors (Lipinski definition) is 1. The number of carbonyl (C=O) groups excluding carboxylic acids is 2. The minimum absolute atomic E-state index is 0.0687. The third-order valence-electron chi connectivity index (χ3n) is 5.47. The van der Waals surface area contributed by atoms with E-state index in [9.17, 15) is 9.59 Å². The minimum atomic E-state index is -0.477. The molecule has 1 heterocycles. The van der Waals surface area contributed by atoms with Crippen molar-refractivity contribution < 1.29 is 14.3 Å². The smallest absolute Gasteiger partial charge is 0.248 e. The number of fused-ring (bicyclic) bond motifs is 1. The largest absolute Gasteiger partial charge is 0.493 e. The number of ether oxygens (including phenoxy) is 1. The van der Waals surface area contributed by atoms with Crippen LogP contribution in [0, 0.1) is 0 Å². The van der Waals surface area contributed by atoms with Gasteiger partial charge in [-0.15, -0.1) is 0 Å². The maximum Gasteiger partial charge on any atom is 0.248 e. The standard InChI is InChI=1S/C25H24N2O3/c26-25(29)19-10-12-21(13-11-19)30-15-14-24(28)27-16-20-8-4-5-9-22(20)23(17-27)18-6-2-1-3-7-18/h1-13,23H,14-17H2,(H2,26,29). The van der Waals surface area contributed by atoms with E-state index in [-0.39, 0.29) is 18.4 Å². The number of hydrogen-bond acceptors (Lipinski definition) is 3. The number of rotatable bonds is 6. The Morgan fingerprint density at radius 2 is 1.63 bits per heavy atom. The molecule has 2 N–H and O–H groups in total. The number of nitrogens with two attached hydrogens (primary N) is 1. The fourth-order valence-electron chi connectivity index (χ4n) is 3.90. The Hall–Kier alpha value is -3.60. The molecule has 0 aliphatic carbocycles. The Kier molecular flexibility index (Phi) is 5.80. The van der Waals surface area contributed by atoms with Gasteiger partial charge in [0.15, 0.2) is 0 Å². The average molecular weight is 400 g/mol. The van der Waals surface area contributed by atoms with Crippen LogP contribution in [0.25, 0.3) is 0 Å². The molecule has 0 saturated heterocycles. The lowest BCUT2D eigenvalue weighted by atomic mass is 9.84. The summed E-state index contributed by atoms with van der Waals surface area (Å²) < 4.78 is 5.68. The fourth-order valence-corrected chi connectivity index (χ4v) is 3.90. The van der Waals surface area contributed by atoms with Crippen molar-refractivity contribution in [2.24, 2.45) is 5.73 Å². The molecule has 1 unspecified atom stereocenters. The second-order valence-electron chi connectivity index (χ2n) is 7.42. The third kappa shape index (κ3) is 4.35. The van der Waals surface area contributed by atoms with Crippen molar-refractivity contribution >= 4 is 11.8 Å². The van der Waals surface area contributed by atoms with Crippen LogP contribution >= 0.6 is 0 Å². The third-order valence-corrected chi connectivity index (χ3v) is 5.47. The van der Waals surface area contributed by atoms with Crippen LogP contribution in [-0.2, 0) is 11.3 Å². The Morgan fingerprint density at radius 3 is 2.37 bits per heavy atom. The highest BCUT2D eigenvalue weighted by Gasteiger charge is 2.28. The molecule has 0 spiro atoms. The van der Waals surface area contributed by atoms with Gasteiger partial charge in [-0.05, 0) is 41.0 Å². The number of amides is 2. The van der Waals surface area contributed by atoms with Crippen LogP contribution in [-0.4, -0.2) is 29.9 Å². The summed E-state index contributed by atoms with van der Waals surface area (Å²) in [6.07, 6.45) is 0.293. The van der Waals surface area contributed by atoms with Crippen LogP contribution in [0.5, 0.6) is 5.75 Å². The lowest BCUT2D eigenvalue weighted by molar-refractivity contribution is -0.132. The summed E-state index contributed by atoms with van der Waals surface area (Å²) in [5.41, 5.74) is 9.37. The van der Waals surface area contributed by atoms with E-state index in [1.54, 1.807) is 24.3 Å². The van der Waals surface area contributed by atoms with Crippen LogP contribution in [0.4, 0.5) is 0 Å². The van der Waals surface area contributed by atoms with E-state index in [0.717, 1.165) is 0 Å². The predicted molar refractivity (Wildman–Crippen MR) is 115 cm³/mol. The first kappa shape index (κ1) is 19.7. The van der Waals surface area contributed by atoms with Gasteiger partial charge >= 0.3 is 0 Å². The van der Waals surface area contributed by atoms with Crippen molar-refractivity contribution in [3.63, 3.8) is 0 Å². The summed E-state index contributed by atoms with van der Waals surface area (Å²) >= 11 is 0. The van der Waals surface area contributed by atoms with Gasteiger partial charge in [-0.2, -0.15) is 0 Å². The van der Waals surface area contributed by atoms with Crippen LogP contribution in [0.2, 0.25) is 0 Å². The SMILES string of the molecule is NC(=O)c1ccc(OCCC(=O)N2Cc3ccccc3C(c3ccccc3)C2)cc1. The molecule has 0 bridgehead atoms. The van der Waals surface area contributed by atoms with Gasteiger partial charge in [0.2, 0.25) is 11.8 Å². The van der Waals surface area contributed by atoms with Gasteiger partial charge in [0, 0.05) is 24.6 Å². The Bertz CT molecular complexity index is 1030. The van der Waals surface area contributed by atoms with Crippen LogP contribution in [0.15, 0.2) is 78.9 Å². The molecular weight excluding hydrogens is 376 g/mol. The number of nitrogens with zero attached hydrogens (tertiary/aromatic N) is 1. The molecule has 2 amide bonds. The fraction of sp³-hybridized carbons (Fsp3) is 0.200. The molecular formula is C25H24N2O3. The average Bonchev–Trinajstić information content (AvgIpc) is 2.79. The Balaban J connectivity index is 1.41. The van der Waals surface area contributed by atoms with Gasteiger partial charge in [-0.3, -0.25) is 9.59 Å². The number of carbonyl (C=O) groups is 2. The first-order valence-corrected chi connectivity index (χ1v) is 10.0. The summed E-state index contributed by atoms with van der Waals surface area (Å²) in [7, 11) is 0. The molecule has 0 aromatic heterocycles. The predicted octanol–water partition coefficient (Wildman–Crippen LogP) is 3.73. The van der Waals surface area contributed by atoms with E-state index in [1.165, 1.54) is 16.7 Å². The molecule has 0 fully saturated rings. The van der Waals surface area contributed by atoms with Gasteiger partial charge in [-0.25, -0.2) is 0 Å². The summed E-state index contributed by atoms with van der Waals surface area (Å²) in [6, 6.07) is 25.3. The molecule has 5 nitrogen and oxygen atoms in total. The monoisotopic (exact) mass is 400 g/mol. The molecule has 0 saturated carbocycles. The van der Waals surface area contributed by atoms with Crippen molar-refractivity contribution in [3.05, 3.63) is 101 Å². The van der Waals surface area contributed by atoms with Gasteiger partial charge in [0.1, 0.15) is 5.75 Å². The summed E-state index contributed by atoms with van der Waals surface area (Å²) in [6.45, 7) is 1.56. The van der Waals surface area contributed by atoms with Crippen LogP contribution in [0.3, 0.4) is 0 Å².